The number of sulfonamides is 1. The Hall–Kier alpha value is -2.50. The molecule has 0 unspecified atom stereocenters. The fraction of sp³-hybridized carbons (Fsp3) is 0.471. The topological polar surface area (TPSA) is 114 Å². The molecular formula is C17H24N6O4S. The van der Waals surface area contributed by atoms with E-state index in [-0.39, 0.29) is 22.3 Å². The van der Waals surface area contributed by atoms with Crippen LogP contribution in [0.25, 0.3) is 0 Å². The minimum absolute atomic E-state index is 0.0587. The summed E-state index contributed by atoms with van der Waals surface area (Å²) in [5.74, 6) is 0. The quantitative estimate of drug-likeness (QED) is 0.541. The van der Waals surface area contributed by atoms with Crippen LogP contribution in [0, 0.1) is 10.1 Å². The maximum absolute atomic E-state index is 12.9. The van der Waals surface area contributed by atoms with Gasteiger partial charge in [0.1, 0.15) is 5.69 Å². The summed E-state index contributed by atoms with van der Waals surface area (Å²) in [5.41, 5.74) is 0.0302. The lowest BCUT2D eigenvalue weighted by Crippen LogP contribution is -2.47. The van der Waals surface area contributed by atoms with Crippen molar-refractivity contribution in [3.63, 3.8) is 0 Å². The number of nitro groups is 1. The number of aromatic nitrogens is 2. The van der Waals surface area contributed by atoms with Crippen molar-refractivity contribution in [2.45, 2.75) is 24.4 Å². The number of benzene rings is 1. The van der Waals surface area contributed by atoms with Gasteiger partial charge in [-0.25, -0.2) is 13.4 Å². The van der Waals surface area contributed by atoms with E-state index in [0.717, 1.165) is 6.07 Å². The summed E-state index contributed by atoms with van der Waals surface area (Å²) < 4.78 is 29.0. The molecule has 0 amide bonds. The molecule has 0 bridgehead atoms. The van der Waals surface area contributed by atoms with Crippen LogP contribution in [0.15, 0.2) is 41.8 Å². The smallest absolute Gasteiger partial charge is 0.293 e. The molecular weight excluding hydrogens is 384 g/mol. The predicted octanol–water partition coefficient (Wildman–Crippen LogP) is 1.23. The minimum Gasteiger partial charge on any atom is -0.375 e. The van der Waals surface area contributed by atoms with Crippen molar-refractivity contribution in [2.75, 3.05) is 38.5 Å². The van der Waals surface area contributed by atoms with Gasteiger partial charge in [0.25, 0.3) is 5.69 Å². The molecule has 1 aromatic carbocycles. The number of imidazole rings is 1. The lowest BCUT2D eigenvalue weighted by Gasteiger charge is -2.31. The summed E-state index contributed by atoms with van der Waals surface area (Å²) in [6.45, 7) is 4.46. The molecule has 2 aromatic rings. The third-order valence-corrected chi connectivity index (χ3v) is 6.61. The van der Waals surface area contributed by atoms with E-state index in [1.807, 2.05) is 23.4 Å². The molecule has 0 spiro atoms. The van der Waals surface area contributed by atoms with E-state index in [2.05, 4.69) is 10.3 Å². The van der Waals surface area contributed by atoms with Gasteiger partial charge in [-0.15, -0.1) is 0 Å². The Labute approximate surface area is 164 Å². The molecule has 1 aliphatic rings. The van der Waals surface area contributed by atoms with Gasteiger partial charge in [0.15, 0.2) is 0 Å². The van der Waals surface area contributed by atoms with Crippen LogP contribution in [0.4, 0.5) is 11.4 Å². The number of piperazine rings is 1. The number of nitrogens with zero attached hydrogens (tertiary/aromatic N) is 5. The average Bonchev–Trinajstić information content (AvgIpc) is 3.15. The largest absolute Gasteiger partial charge is 0.375 e. The van der Waals surface area contributed by atoms with E-state index in [1.54, 1.807) is 18.7 Å². The van der Waals surface area contributed by atoms with Crippen LogP contribution < -0.4 is 5.32 Å². The number of hydrogen-bond donors (Lipinski definition) is 1. The van der Waals surface area contributed by atoms with E-state index >= 15 is 0 Å². The highest BCUT2D eigenvalue weighted by molar-refractivity contribution is 7.89. The summed E-state index contributed by atoms with van der Waals surface area (Å²) in [4.78, 5) is 16.9. The van der Waals surface area contributed by atoms with Crippen LogP contribution in [0.3, 0.4) is 0 Å². The summed E-state index contributed by atoms with van der Waals surface area (Å²) in [6, 6.07) is 3.91. The molecule has 28 heavy (non-hydrogen) atoms. The highest BCUT2D eigenvalue weighted by atomic mass is 32.2. The number of likely N-dealkylation sites (N-methyl/N-ethyl adjacent to an activating group) is 1. The van der Waals surface area contributed by atoms with Crippen LogP contribution in [0.1, 0.15) is 6.92 Å². The number of nitrogens with one attached hydrogen (secondary N) is 1. The van der Waals surface area contributed by atoms with Crippen molar-refractivity contribution in [1.29, 1.82) is 0 Å². The molecule has 10 nitrogen and oxygen atoms in total. The van der Waals surface area contributed by atoms with Gasteiger partial charge in [-0.1, -0.05) is 0 Å². The van der Waals surface area contributed by atoms with E-state index in [0.29, 0.717) is 32.7 Å². The second-order valence-electron chi connectivity index (χ2n) is 6.95. The van der Waals surface area contributed by atoms with Gasteiger partial charge in [-0.3, -0.25) is 10.1 Å². The fourth-order valence-corrected chi connectivity index (χ4v) is 4.59. The molecule has 11 heteroatoms. The van der Waals surface area contributed by atoms with Crippen molar-refractivity contribution < 1.29 is 13.3 Å². The molecule has 1 aromatic heterocycles. The zero-order valence-electron chi connectivity index (χ0n) is 15.9. The van der Waals surface area contributed by atoms with Crippen LogP contribution in [-0.2, 0) is 16.6 Å². The van der Waals surface area contributed by atoms with Crippen molar-refractivity contribution in [2.24, 2.45) is 0 Å². The Morgan fingerprint density at radius 3 is 2.61 bits per heavy atom. The number of rotatable bonds is 7. The summed E-state index contributed by atoms with van der Waals surface area (Å²) in [6.07, 6.45) is 5.13. The van der Waals surface area contributed by atoms with Gasteiger partial charge in [0.05, 0.1) is 16.1 Å². The molecule has 1 saturated heterocycles. The zero-order valence-corrected chi connectivity index (χ0v) is 16.7. The first-order valence-electron chi connectivity index (χ1n) is 8.97. The highest BCUT2D eigenvalue weighted by Crippen LogP contribution is 2.30. The molecule has 2 heterocycles. The molecule has 1 N–H and O–H groups in total. The number of nitro benzene ring substituents is 1. The highest BCUT2D eigenvalue weighted by Gasteiger charge is 2.29. The first-order valence-corrected chi connectivity index (χ1v) is 10.4. The summed E-state index contributed by atoms with van der Waals surface area (Å²) in [7, 11) is -1.83. The van der Waals surface area contributed by atoms with Crippen LogP contribution in [-0.4, -0.2) is 71.4 Å². The summed E-state index contributed by atoms with van der Waals surface area (Å²) in [5, 5.41) is 14.6. The van der Waals surface area contributed by atoms with E-state index in [4.69, 9.17) is 0 Å². The van der Waals surface area contributed by atoms with Gasteiger partial charge in [-0.2, -0.15) is 4.31 Å². The Balaban J connectivity index is 1.81. The van der Waals surface area contributed by atoms with Gasteiger partial charge < -0.3 is 14.8 Å². The maximum atomic E-state index is 12.9. The van der Waals surface area contributed by atoms with Crippen LogP contribution in [0.2, 0.25) is 0 Å². The van der Waals surface area contributed by atoms with E-state index < -0.39 is 14.9 Å². The second kappa shape index (κ2) is 8.25. The van der Waals surface area contributed by atoms with Crippen molar-refractivity contribution in [3.8, 4) is 0 Å². The maximum Gasteiger partial charge on any atom is 0.293 e. The lowest BCUT2D eigenvalue weighted by molar-refractivity contribution is -0.384. The first kappa shape index (κ1) is 20.2. The molecule has 0 saturated carbocycles. The molecule has 152 valence electrons. The standard InChI is InChI=1S/C17H24N6O4S/c1-14(12-21-6-5-18-13-21)19-16-4-3-15(11-17(16)23(24)25)28(26,27)22-9-7-20(2)8-10-22/h3-6,11,13-14,19H,7-10,12H2,1-2H3/t14-/m1/s1. The van der Waals surface area contributed by atoms with E-state index in [9.17, 15) is 18.5 Å². The first-order chi connectivity index (χ1) is 13.3. The van der Waals surface area contributed by atoms with Crippen LogP contribution >= 0.6 is 0 Å². The molecule has 1 atom stereocenters. The molecule has 0 radical (unpaired) electrons. The van der Waals surface area contributed by atoms with Gasteiger partial charge in [0, 0.05) is 57.2 Å². The SMILES string of the molecule is C[C@H](Cn1ccnc1)Nc1ccc(S(=O)(=O)N2CCN(C)CC2)cc1[N+](=O)[O-]. The molecule has 0 aliphatic carbocycles. The third-order valence-electron chi connectivity index (χ3n) is 4.71. The molecule has 3 rings (SSSR count). The third kappa shape index (κ3) is 4.49. The monoisotopic (exact) mass is 408 g/mol. The predicted molar refractivity (Wildman–Crippen MR) is 105 cm³/mol. The number of anilines is 1. The second-order valence-corrected chi connectivity index (χ2v) is 8.89. The fourth-order valence-electron chi connectivity index (χ4n) is 3.14. The zero-order chi connectivity index (χ0) is 20.3. The average molecular weight is 408 g/mol. The van der Waals surface area contributed by atoms with Crippen molar-refractivity contribution >= 4 is 21.4 Å². The van der Waals surface area contributed by atoms with Crippen LogP contribution in [0.5, 0.6) is 0 Å². The molecule has 1 fully saturated rings. The Morgan fingerprint density at radius 1 is 1.29 bits per heavy atom. The van der Waals surface area contributed by atoms with Gasteiger partial charge in [-0.05, 0) is 26.1 Å². The minimum atomic E-state index is -3.77. The van der Waals surface area contributed by atoms with Crippen molar-refractivity contribution in [1.82, 2.24) is 18.8 Å². The Kier molecular flexibility index (Phi) is 5.96. The Morgan fingerprint density at radius 2 is 2.00 bits per heavy atom. The van der Waals surface area contributed by atoms with E-state index in [1.165, 1.54) is 16.4 Å². The number of hydrogen-bond acceptors (Lipinski definition) is 7. The lowest BCUT2D eigenvalue weighted by atomic mass is 10.2. The van der Waals surface area contributed by atoms with Gasteiger partial charge in [0.2, 0.25) is 10.0 Å². The molecule has 1 aliphatic heterocycles. The normalized spacial score (nSPS) is 17.4. The van der Waals surface area contributed by atoms with Gasteiger partial charge >= 0.3 is 0 Å². The summed E-state index contributed by atoms with van der Waals surface area (Å²) >= 11 is 0. The Bertz CT molecular complexity index is 923. The van der Waals surface area contributed by atoms with Crippen molar-refractivity contribution in [3.05, 3.63) is 47.0 Å².